The Kier molecular flexibility index (Phi) is 6.84. The summed E-state index contributed by atoms with van der Waals surface area (Å²) in [6.45, 7) is 0. The average Bonchev–Trinajstić information content (AvgIpc) is 3.54. The van der Waals surface area contributed by atoms with Gasteiger partial charge in [-0.05, 0) is 98.8 Å². The smallest absolute Gasteiger partial charge is 0.136 e. The topological polar surface area (TPSA) is 16.4 Å². The van der Waals surface area contributed by atoms with Crippen molar-refractivity contribution < 1.29 is 4.42 Å². The molecule has 0 spiro atoms. The lowest BCUT2D eigenvalue weighted by Gasteiger charge is -2.26. The van der Waals surface area contributed by atoms with E-state index in [0.29, 0.717) is 0 Å². The van der Waals surface area contributed by atoms with E-state index < -0.39 is 0 Å². The molecule has 226 valence electrons. The molecule has 2 nitrogen and oxygen atoms in total. The SMILES string of the molecule is c1ccc(-c2ccc(N(c3ccc(-c4ccc5c(c4)oc4ccccc45)cc3)c3ccc(-c4cccc5ccccc45)cc3)cc2)cc1. The Morgan fingerprint density at radius 3 is 1.52 bits per heavy atom. The van der Waals surface area contributed by atoms with E-state index in [1.807, 2.05) is 12.1 Å². The molecule has 0 saturated heterocycles. The molecule has 0 aliphatic carbocycles. The molecule has 0 radical (unpaired) electrons. The van der Waals surface area contributed by atoms with Crippen molar-refractivity contribution in [1.29, 1.82) is 0 Å². The quantitative estimate of drug-likeness (QED) is 0.185. The first kappa shape index (κ1) is 27.9. The number of hydrogen-bond acceptors (Lipinski definition) is 2. The van der Waals surface area contributed by atoms with Gasteiger partial charge in [0, 0.05) is 27.8 Å². The van der Waals surface area contributed by atoms with Crippen molar-refractivity contribution in [3.8, 4) is 33.4 Å². The molecular weight excluding hydrogens is 583 g/mol. The first-order chi connectivity index (χ1) is 23.8. The Bertz CT molecular complexity index is 2520. The summed E-state index contributed by atoms with van der Waals surface area (Å²) in [6.07, 6.45) is 0. The lowest BCUT2D eigenvalue weighted by molar-refractivity contribution is 0.669. The first-order valence-corrected chi connectivity index (χ1v) is 16.3. The third-order valence-corrected chi connectivity index (χ3v) is 9.30. The molecule has 0 amide bonds. The van der Waals surface area contributed by atoms with Crippen LogP contribution in [-0.4, -0.2) is 0 Å². The predicted molar refractivity (Wildman–Crippen MR) is 202 cm³/mol. The first-order valence-electron chi connectivity index (χ1n) is 16.3. The normalized spacial score (nSPS) is 11.3. The molecule has 0 N–H and O–H groups in total. The van der Waals surface area contributed by atoms with Gasteiger partial charge >= 0.3 is 0 Å². The zero-order chi connectivity index (χ0) is 31.9. The summed E-state index contributed by atoms with van der Waals surface area (Å²) in [5.74, 6) is 0. The molecule has 0 unspecified atom stereocenters. The van der Waals surface area contributed by atoms with E-state index >= 15 is 0 Å². The molecule has 8 aromatic carbocycles. The standard InChI is InChI=1S/C46H31NO/c1-2-9-32(10-3-1)33-17-24-38(25-18-33)47(40-28-21-36(22-29-40)42-15-8-12-35-11-4-5-13-41(35)42)39-26-19-34(20-27-39)37-23-30-44-43-14-6-7-16-45(43)48-46(44)31-37/h1-31H. The van der Waals surface area contributed by atoms with Gasteiger partial charge in [0.2, 0.25) is 0 Å². The Hall–Kier alpha value is -6.38. The minimum Gasteiger partial charge on any atom is -0.456 e. The maximum Gasteiger partial charge on any atom is 0.136 e. The number of anilines is 3. The Morgan fingerprint density at radius 1 is 0.312 bits per heavy atom. The van der Waals surface area contributed by atoms with Gasteiger partial charge in [-0.2, -0.15) is 0 Å². The number of nitrogens with zero attached hydrogens (tertiary/aromatic N) is 1. The number of rotatable bonds is 6. The molecule has 48 heavy (non-hydrogen) atoms. The van der Waals surface area contributed by atoms with Crippen LogP contribution in [0.5, 0.6) is 0 Å². The van der Waals surface area contributed by atoms with Crippen LogP contribution in [0.1, 0.15) is 0 Å². The minimum atomic E-state index is 0.907. The highest BCUT2D eigenvalue weighted by atomic mass is 16.3. The minimum absolute atomic E-state index is 0.907. The van der Waals surface area contributed by atoms with Crippen molar-refractivity contribution in [2.75, 3.05) is 4.90 Å². The van der Waals surface area contributed by atoms with Gasteiger partial charge in [0.1, 0.15) is 11.2 Å². The highest BCUT2D eigenvalue weighted by molar-refractivity contribution is 6.06. The summed E-state index contributed by atoms with van der Waals surface area (Å²) >= 11 is 0. The van der Waals surface area contributed by atoms with E-state index in [2.05, 4.69) is 181 Å². The van der Waals surface area contributed by atoms with Gasteiger partial charge in [0.25, 0.3) is 0 Å². The van der Waals surface area contributed by atoms with E-state index in [-0.39, 0.29) is 0 Å². The molecule has 9 aromatic rings. The highest BCUT2D eigenvalue weighted by Crippen LogP contribution is 2.39. The van der Waals surface area contributed by atoms with E-state index in [4.69, 9.17) is 4.42 Å². The molecule has 0 aliphatic rings. The van der Waals surface area contributed by atoms with Crippen LogP contribution in [0.15, 0.2) is 192 Å². The van der Waals surface area contributed by atoms with E-state index in [1.54, 1.807) is 0 Å². The second-order valence-electron chi connectivity index (χ2n) is 12.2. The number of furan rings is 1. The van der Waals surface area contributed by atoms with Gasteiger partial charge < -0.3 is 9.32 Å². The summed E-state index contributed by atoms with van der Waals surface area (Å²) in [4.78, 5) is 2.33. The monoisotopic (exact) mass is 613 g/mol. The van der Waals surface area contributed by atoms with E-state index in [9.17, 15) is 0 Å². The molecular formula is C46H31NO. The summed E-state index contributed by atoms with van der Waals surface area (Å²) in [6, 6.07) is 66.9. The van der Waals surface area contributed by atoms with Gasteiger partial charge in [-0.25, -0.2) is 0 Å². The third kappa shape index (κ3) is 5.01. The van der Waals surface area contributed by atoms with Crippen LogP contribution in [0.2, 0.25) is 0 Å². The summed E-state index contributed by atoms with van der Waals surface area (Å²) in [5.41, 5.74) is 12.2. The number of fused-ring (bicyclic) bond motifs is 4. The molecule has 0 bridgehead atoms. The van der Waals surface area contributed by atoms with Gasteiger partial charge in [0.05, 0.1) is 0 Å². The molecule has 2 heteroatoms. The van der Waals surface area contributed by atoms with Crippen molar-refractivity contribution in [2.24, 2.45) is 0 Å². The molecule has 0 fully saturated rings. The van der Waals surface area contributed by atoms with Crippen LogP contribution in [0, 0.1) is 0 Å². The summed E-state index contributed by atoms with van der Waals surface area (Å²) < 4.78 is 6.19. The molecule has 1 heterocycles. The van der Waals surface area contributed by atoms with Crippen molar-refractivity contribution in [2.45, 2.75) is 0 Å². The Morgan fingerprint density at radius 2 is 0.812 bits per heavy atom. The van der Waals surface area contributed by atoms with Gasteiger partial charge in [-0.1, -0.05) is 133 Å². The zero-order valence-corrected chi connectivity index (χ0v) is 26.3. The zero-order valence-electron chi connectivity index (χ0n) is 26.3. The fourth-order valence-electron chi connectivity index (χ4n) is 6.86. The van der Waals surface area contributed by atoms with Gasteiger partial charge in [-0.3, -0.25) is 0 Å². The van der Waals surface area contributed by atoms with Crippen LogP contribution < -0.4 is 4.90 Å². The third-order valence-electron chi connectivity index (χ3n) is 9.30. The number of para-hydroxylation sites is 1. The molecule has 1 aromatic heterocycles. The van der Waals surface area contributed by atoms with Crippen molar-refractivity contribution in [3.05, 3.63) is 188 Å². The second kappa shape index (κ2) is 11.8. The fourth-order valence-corrected chi connectivity index (χ4v) is 6.86. The maximum absolute atomic E-state index is 6.19. The van der Waals surface area contributed by atoms with Crippen LogP contribution in [0.3, 0.4) is 0 Å². The van der Waals surface area contributed by atoms with E-state index in [0.717, 1.165) is 50.1 Å². The largest absolute Gasteiger partial charge is 0.456 e. The van der Waals surface area contributed by atoms with Gasteiger partial charge in [-0.15, -0.1) is 0 Å². The average molecular weight is 614 g/mol. The number of benzene rings is 8. The lowest BCUT2D eigenvalue weighted by Crippen LogP contribution is -2.09. The van der Waals surface area contributed by atoms with Crippen LogP contribution in [0.4, 0.5) is 17.1 Å². The fraction of sp³-hybridized carbons (Fsp3) is 0. The Labute approximate surface area is 279 Å². The van der Waals surface area contributed by atoms with Crippen molar-refractivity contribution in [3.63, 3.8) is 0 Å². The summed E-state index contributed by atoms with van der Waals surface area (Å²) in [7, 11) is 0. The van der Waals surface area contributed by atoms with Crippen LogP contribution >= 0.6 is 0 Å². The summed E-state index contributed by atoms with van der Waals surface area (Å²) in [5, 5.41) is 4.80. The van der Waals surface area contributed by atoms with Crippen LogP contribution in [0.25, 0.3) is 66.1 Å². The highest BCUT2D eigenvalue weighted by Gasteiger charge is 2.15. The molecule has 0 saturated carbocycles. The molecule has 0 aliphatic heterocycles. The molecule has 0 atom stereocenters. The maximum atomic E-state index is 6.19. The van der Waals surface area contributed by atoms with Crippen LogP contribution in [-0.2, 0) is 0 Å². The van der Waals surface area contributed by atoms with Crippen molar-refractivity contribution in [1.82, 2.24) is 0 Å². The van der Waals surface area contributed by atoms with Crippen molar-refractivity contribution >= 4 is 49.8 Å². The predicted octanol–water partition coefficient (Wildman–Crippen LogP) is 13.2. The molecule has 9 rings (SSSR count). The Balaban J connectivity index is 1.10. The van der Waals surface area contributed by atoms with E-state index in [1.165, 1.54) is 33.0 Å². The van der Waals surface area contributed by atoms with Gasteiger partial charge in [0.15, 0.2) is 0 Å². The second-order valence-corrected chi connectivity index (χ2v) is 12.2. The number of hydrogen-bond donors (Lipinski definition) is 0. The lowest BCUT2D eigenvalue weighted by atomic mass is 9.98.